The van der Waals surface area contributed by atoms with Crippen molar-refractivity contribution in [1.82, 2.24) is 5.32 Å². The van der Waals surface area contributed by atoms with Gasteiger partial charge in [-0.05, 0) is 40.0 Å². The van der Waals surface area contributed by atoms with Gasteiger partial charge in [-0.2, -0.15) is 0 Å². The number of aliphatic carboxylic acids is 1. The van der Waals surface area contributed by atoms with E-state index in [-0.39, 0.29) is 6.04 Å². The molecule has 7 heteroatoms. The van der Waals surface area contributed by atoms with Crippen molar-refractivity contribution in [2.75, 3.05) is 5.75 Å². The normalized spacial score (nSPS) is 24.2. The molecule has 0 aromatic carbocycles. The predicted molar refractivity (Wildman–Crippen MR) is 70.4 cm³/mol. The summed E-state index contributed by atoms with van der Waals surface area (Å²) < 4.78 is 22.7. The number of nitrogens with one attached hydrogen (secondary N) is 1. The molecule has 0 aromatic heterocycles. The molecular weight excluding hydrogens is 270 g/mol. The van der Waals surface area contributed by atoms with Crippen LogP contribution in [-0.2, 0) is 19.4 Å². The van der Waals surface area contributed by atoms with Crippen molar-refractivity contribution in [3.63, 3.8) is 0 Å². The number of hydrogen-bond acceptors (Lipinski definition) is 4. The van der Waals surface area contributed by atoms with Crippen LogP contribution >= 0.6 is 0 Å². The van der Waals surface area contributed by atoms with Crippen LogP contribution in [0.5, 0.6) is 0 Å². The van der Waals surface area contributed by atoms with E-state index in [1.165, 1.54) is 0 Å². The highest BCUT2D eigenvalue weighted by molar-refractivity contribution is 7.93. The Labute approximate surface area is 113 Å². The van der Waals surface area contributed by atoms with Gasteiger partial charge in [-0.15, -0.1) is 0 Å². The highest BCUT2D eigenvalue weighted by Crippen LogP contribution is 2.25. The van der Waals surface area contributed by atoms with Gasteiger partial charge < -0.3 is 10.4 Å². The molecule has 1 saturated carbocycles. The summed E-state index contributed by atoms with van der Waals surface area (Å²) in [6.45, 7) is 4.64. The van der Waals surface area contributed by atoms with E-state index >= 15 is 0 Å². The topological polar surface area (TPSA) is 101 Å². The van der Waals surface area contributed by atoms with Gasteiger partial charge in [-0.3, -0.25) is 9.59 Å². The maximum Gasteiger partial charge on any atom is 0.306 e. The summed E-state index contributed by atoms with van der Waals surface area (Å²) in [7, 11) is -3.50. The average Bonchev–Trinajstić information content (AvgIpc) is 2.63. The molecule has 0 bridgehead atoms. The lowest BCUT2D eigenvalue weighted by Gasteiger charge is -2.20. The number of carboxylic acids is 1. The fourth-order valence-electron chi connectivity index (χ4n) is 2.00. The monoisotopic (exact) mass is 291 g/mol. The number of carbonyl (C=O) groups excluding carboxylic acids is 1. The number of hydrogen-bond donors (Lipinski definition) is 2. The summed E-state index contributed by atoms with van der Waals surface area (Å²) >= 11 is 0. The van der Waals surface area contributed by atoms with Crippen LogP contribution < -0.4 is 5.32 Å². The molecule has 1 aliphatic rings. The molecule has 19 heavy (non-hydrogen) atoms. The van der Waals surface area contributed by atoms with E-state index in [0.29, 0.717) is 19.3 Å². The molecule has 0 aromatic rings. The van der Waals surface area contributed by atoms with Crippen LogP contribution in [-0.4, -0.2) is 41.9 Å². The van der Waals surface area contributed by atoms with Crippen molar-refractivity contribution >= 4 is 21.7 Å². The van der Waals surface area contributed by atoms with Gasteiger partial charge in [0.15, 0.2) is 9.84 Å². The van der Waals surface area contributed by atoms with Crippen LogP contribution in [0.3, 0.4) is 0 Å². The van der Waals surface area contributed by atoms with Gasteiger partial charge in [0.05, 0.1) is 10.7 Å². The van der Waals surface area contributed by atoms with Crippen LogP contribution in [0.1, 0.15) is 40.0 Å². The van der Waals surface area contributed by atoms with Crippen LogP contribution in [0.4, 0.5) is 0 Å². The SMILES string of the molecule is CC(C)(C)S(=O)(=O)CC(=O)N[C@@H]1CC[C@H](C(=O)O)C1. The summed E-state index contributed by atoms with van der Waals surface area (Å²) in [6.07, 6.45) is 1.47. The zero-order valence-corrected chi connectivity index (χ0v) is 12.3. The molecule has 0 spiro atoms. The van der Waals surface area contributed by atoms with Crippen molar-refractivity contribution in [1.29, 1.82) is 0 Å². The van der Waals surface area contributed by atoms with Crippen LogP contribution in [0, 0.1) is 5.92 Å². The largest absolute Gasteiger partial charge is 0.481 e. The van der Waals surface area contributed by atoms with E-state index in [4.69, 9.17) is 5.11 Å². The molecule has 0 unspecified atom stereocenters. The Hall–Kier alpha value is -1.11. The van der Waals surface area contributed by atoms with E-state index in [0.717, 1.165) is 0 Å². The zero-order chi connectivity index (χ0) is 14.8. The quantitative estimate of drug-likeness (QED) is 0.788. The lowest BCUT2D eigenvalue weighted by molar-refractivity contribution is -0.141. The molecule has 6 nitrogen and oxygen atoms in total. The molecule has 110 valence electrons. The predicted octanol–water partition coefficient (Wildman–Crippen LogP) is 0.569. The van der Waals surface area contributed by atoms with Gasteiger partial charge in [-0.25, -0.2) is 8.42 Å². The van der Waals surface area contributed by atoms with Crippen molar-refractivity contribution in [3.05, 3.63) is 0 Å². The second-order valence-corrected chi connectivity index (χ2v) is 8.73. The van der Waals surface area contributed by atoms with Gasteiger partial charge in [0.1, 0.15) is 5.75 Å². The standard InChI is InChI=1S/C12H21NO5S/c1-12(2,3)19(17,18)7-10(14)13-9-5-4-8(6-9)11(15)16/h8-9H,4-7H2,1-3H3,(H,13,14)(H,15,16)/t8-,9+/m0/s1. The minimum atomic E-state index is -3.50. The minimum Gasteiger partial charge on any atom is -0.481 e. The fraction of sp³-hybridized carbons (Fsp3) is 0.833. The lowest BCUT2D eigenvalue weighted by atomic mass is 10.1. The summed E-state index contributed by atoms with van der Waals surface area (Å²) in [5.41, 5.74) is 0. The Balaban J connectivity index is 2.52. The number of rotatable bonds is 4. The molecular formula is C12H21NO5S. The van der Waals surface area contributed by atoms with Crippen molar-refractivity contribution in [2.24, 2.45) is 5.92 Å². The molecule has 2 N–H and O–H groups in total. The van der Waals surface area contributed by atoms with Gasteiger partial charge >= 0.3 is 5.97 Å². The third-order valence-corrected chi connectivity index (χ3v) is 5.91. The second kappa shape index (κ2) is 5.48. The molecule has 0 saturated heterocycles. The van der Waals surface area contributed by atoms with Crippen molar-refractivity contribution in [3.8, 4) is 0 Å². The first-order valence-corrected chi connectivity index (χ1v) is 7.92. The van der Waals surface area contributed by atoms with E-state index in [1.54, 1.807) is 20.8 Å². The molecule has 1 fully saturated rings. The number of carbonyl (C=O) groups is 2. The molecule has 0 heterocycles. The fourth-order valence-corrected chi connectivity index (χ4v) is 2.86. The van der Waals surface area contributed by atoms with Crippen LogP contribution in [0.2, 0.25) is 0 Å². The van der Waals surface area contributed by atoms with Gasteiger partial charge in [-0.1, -0.05) is 0 Å². The van der Waals surface area contributed by atoms with Gasteiger partial charge in [0, 0.05) is 6.04 Å². The Kier molecular flexibility index (Phi) is 4.60. The lowest BCUT2D eigenvalue weighted by Crippen LogP contribution is -2.41. The summed E-state index contributed by atoms with van der Waals surface area (Å²) in [4.78, 5) is 22.5. The molecule has 1 aliphatic carbocycles. The molecule has 0 aliphatic heterocycles. The first-order valence-electron chi connectivity index (χ1n) is 6.27. The Bertz CT molecular complexity index is 463. The summed E-state index contributed by atoms with van der Waals surface area (Å²) in [6, 6.07) is -0.233. The highest BCUT2D eigenvalue weighted by Gasteiger charge is 2.34. The summed E-state index contributed by atoms with van der Waals surface area (Å²) in [5, 5.41) is 11.5. The van der Waals surface area contributed by atoms with Gasteiger partial charge in [0.25, 0.3) is 0 Å². The maximum absolute atomic E-state index is 11.9. The van der Waals surface area contributed by atoms with Crippen molar-refractivity contribution in [2.45, 2.75) is 50.8 Å². The van der Waals surface area contributed by atoms with Gasteiger partial charge in [0.2, 0.25) is 5.91 Å². The Morgan fingerprint density at radius 1 is 1.26 bits per heavy atom. The van der Waals surface area contributed by atoms with E-state index < -0.39 is 38.1 Å². The molecule has 0 radical (unpaired) electrons. The number of sulfone groups is 1. The third-order valence-electron chi connectivity index (χ3n) is 3.40. The van der Waals surface area contributed by atoms with Crippen LogP contribution in [0.15, 0.2) is 0 Å². The first kappa shape index (κ1) is 15.9. The summed E-state index contributed by atoms with van der Waals surface area (Å²) in [5.74, 6) is -2.40. The van der Waals surface area contributed by atoms with E-state index in [1.807, 2.05) is 0 Å². The maximum atomic E-state index is 11.9. The third kappa shape index (κ3) is 4.19. The Morgan fingerprint density at radius 2 is 1.84 bits per heavy atom. The number of carboxylic acid groups (broad SMARTS) is 1. The molecule has 1 amide bonds. The van der Waals surface area contributed by atoms with Crippen molar-refractivity contribution < 1.29 is 23.1 Å². The van der Waals surface area contributed by atoms with E-state index in [2.05, 4.69) is 5.32 Å². The number of amides is 1. The highest BCUT2D eigenvalue weighted by atomic mass is 32.2. The second-order valence-electron chi connectivity index (χ2n) is 5.98. The first-order chi connectivity index (χ1) is 8.53. The van der Waals surface area contributed by atoms with E-state index in [9.17, 15) is 18.0 Å². The molecule has 2 atom stereocenters. The smallest absolute Gasteiger partial charge is 0.306 e. The zero-order valence-electron chi connectivity index (χ0n) is 11.5. The Morgan fingerprint density at radius 3 is 2.26 bits per heavy atom. The molecule has 1 rings (SSSR count). The minimum absolute atomic E-state index is 0.233. The average molecular weight is 291 g/mol. The van der Waals surface area contributed by atoms with Crippen LogP contribution in [0.25, 0.3) is 0 Å².